The standard InChI is InChI=1S/C11H8BrF3N2O/c1-16-10(18)8-4-5-7(12)3-2-6(9(5)17-8)11(13,14)15/h2-4,17H,1H3,(H,16,18). The molecule has 1 aromatic heterocycles. The number of alkyl halides is 3. The molecule has 1 heterocycles. The fraction of sp³-hybridized carbons (Fsp3) is 0.182. The zero-order chi connectivity index (χ0) is 13.5. The molecule has 3 nitrogen and oxygen atoms in total. The van der Waals surface area contributed by atoms with Crippen molar-refractivity contribution in [2.24, 2.45) is 0 Å². The SMILES string of the molecule is CNC(=O)c1cc2c(Br)ccc(C(F)(F)F)c2[nH]1. The van der Waals surface area contributed by atoms with Gasteiger partial charge in [-0.3, -0.25) is 4.79 Å². The van der Waals surface area contributed by atoms with Crippen molar-refractivity contribution in [1.29, 1.82) is 0 Å². The number of hydrogen-bond acceptors (Lipinski definition) is 1. The van der Waals surface area contributed by atoms with Gasteiger partial charge in [0.1, 0.15) is 5.69 Å². The molecule has 18 heavy (non-hydrogen) atoms. The first kappa shape index (κ1) is 12.9. The first-order chi connectivity index (χ1) is 8.34. The largest absolute Gasteiger partial charge is 0.418 e. The van der Waals surface area contributed by atoms with E-state index in [-0.39, 0.29) is 11.2 Å². The molecule has 2 aromatic rings. The van der Waals surface area contributed by atoms with E-state index in [1.165, 1.54) is 19.2 Å². The number of halogens is 4. The molecule has 0 saturated heterocycles. The maximum atomic E-state index is 12.8. The van der Waals surface area contributed by atoms with Crippen LogP contribution in [0.5, 0.6) is 0 Å². The molecule has 0 unspecified atom stereocenters. The second-order valence-corrected chi connectivity index (χ2v) is 4.50. The first-order valence-electron chi connectivity index (χ1n) is 4.95. The van der Waals surface area contributed by atoms with Crippen molar-refractivity contribution in [2.45, 2.75) is 6.18 Å². The van der Waals surface area contributed by atoms with E-state index in [0.29, 0.717) is 9.86 Å². The zero-order valence-electron chi connectivity index (χ0n) is 9.15. The van der Waals surface area contributed by atoms with E-state index in [1.54, 1.807) is 0 Å². The number of H-pyrrole nitrogens is 1. The summed E-state index contributed by atoms with van der Waals surface area (Å²) in [7, 11) is 1.41. The highest BCUT2D eigenvalue weighted by molar-refractivity contribution is 9.10. The number of carbonyl (C=O) groups is 1. The molecule has 2 N–H and O–H groups in total. The topological polar surface area (TPSA) is 44.9 Å². The number of nitrogens with one attached hydrogen (secondary N) is 2. The van der Waals surface area contributed by atoms with Gasteiger partial charge in [0.2, 0.25) is 0 Å². The maximum absolute atomic E-state index is 12.8. The third-order valence-electron chi connectivity index (χ3n) is 2.52. The van der Waals surface area contributed by atoms with Crippen LogP contribution in [0.15, 0.2) is 22.7 Å². The van der Waals surface area contributed by atoms with Gasteiger partial charge in [0.05, 0.1) is 11.1 Å². The molecular formula is C11H8BrF3N2O. The lowest BCUT2D eigenvalue weighted by atomic mass is 10.1. The molecule has 0 radical (unpaired) electrons. The molecule has 96 valence electrons. The summed E-state index contributed by atoms with van der Waals surface area (Å²) in [5, 5.41) is 2.68. The number of fused-ring (bicyclic) bond motifs is 1. The van der Waals surface area contributed by atoms with E-state index < -0.39 is 17.6 Å². The summed E-state index contributed by atoms with van der Waals surface area (Å²) in [6, 6.07) is 3.66. The molecule has 0 aliphatic rings. The third-order valence-corrected chi connectivity index (χ3v) is 3.21. The summed E-state index contributed by atoms with van der Waals surface area (Å²) < 4.78 is 38.9. The van der Waals surface area contributed by atoms with E-state index in [1.807, 2.05) is 0 Å². The summed E-state index contributed by atoms with van der Waals surface area (Å²) in [6.45, 7) is 0. The number of benzene rings is 1. The summed E-state index contributed by atoms with van der Waals surface area (Å²) in [4.78, 5) is 13.9. The van der Waals surface area contributed by atoms with E-state index in [0.717, 1.165) is 6.07 Å². The van der Waals surface area contributed by atoms with Crippen LogP contribution in [0.2, 0.25) is 0 Å². The average Bonchev–Trinajstić information content (AvgIpc) is 2.72. The highest BCUT2D eigenvalue weighted by Crippen LogP contribution is 2.37. The normalized spacial score (nSPS) is 11.8. The average molecular weight is 321 g/mol. The number of rotatable bonds is 1. The maximum Gasteiger partial charge on any atom is 0.418 e. The fourth-order valence-corrected chi connectivity index (χ4v) is 2.12. The Morgan fingerprint density at radius 3 is 2.61 bits per heavy atom. The third kappa shape index (κ3) is 2.10. The predicted molar refractivity (Wildman–Crippen MR) is 64.4 cm³/mol. The van der Waals surface area contributed by atoms with Crippen molar-refractivity contribution in [3.05, 3.63) is 33.9 Å². The molecule has 2 rings (SSSR count). The van der Waals surface area contributed by atoms with Crippen LogP contribution in [0.1, 0.15) is 16.1 Å². The Hall–Kier alpha value is -1.50. The lowest BCUT2D eigenvalue weighted by Crippen LogP contribution is -2.18. The smallest absolute Gasteiger partial charge is 0.354 e. The molecule has 0 fully saturated rings. The van der Waals surface area contributed by atoms with Gasteiger partial charge in [0.25, 0.3) is 5.91 Å². The zero-order valence-corrected chi connectivity index (χ0v) is 10.7. The molecule has 0 bridgehead atoms. The number of carbonyl (C=O) groups excluding carboxylic acids is 1. The summed E-state index contributed by atoms with van der Waals surface area (Å²) in [5.41, 5.74) is -0.809. The van der Waals surface area contributed by atoms with Crippen molar-refractivity contribution >= 4 is 32.7 Å². The van der Waals surface area contributed by atoms with Gasteiger partial charge in [0.15, 0.2) is 0 Å². The van der Waals surface area contributed by atoms with Crippen molar-refractivity contribution < 1.29 is 18.0 Å². The molecule has 0 atom stereocenters. The fourth-order valence-electron chi connectivity index (χ4n) is 1.68. The van der Waals surface area contributed by atoms with Crippen LogP contribution in [0.25, 0.3) is 10.9 Å². The number of amides is 1. The van der Waals surface area contributed by atoms with Gasteiger partial charge in [-0.25, -0.2) is 0 Å². The van der Waals surface area contributed by atoms with Gasteiger partial charge in [-0.1, -0.05) is 15.9 Å². The minimum absolute atomic E-state index is 0.0879. The number of aromatic amines is 1. The number of aromatic nitrogens is 1. The lowest BCUT2D eigenvalue weighted by molar-refractivity contribution is -0.136. The Kier molecular flexibility index (Phi) is 3.10. The van der Waals surface area contributed by atoms with Gasteiger partial charge in [0, 0.05) is 16.9 Å². The van der Waals surface area contributed by atoms with Crippen molar-refractivity contribution in [3.63, 3.8) is 0 Å². The van der Waals surface area contributed by atoms with Crippen LogP contribution in [0.3, 0.4) is 0 Å². The Labute approximate surface area is 108 Å². The highest BCUT2D eigenvalue weighted by atomic mass is 79.9. The van der Waals surface area contributed by atoms with Crippen LogP contribution >= 0.6 is 15.9 Å². The van der Waals surface area contributed by atoms with Gasteiger partial charge < -0.3 is 10.3 Å². The van der Waals surface area contributed by atoms with Crippen LogP contribution in [-0.2, 0) is 6.18 Å². The second kappa shape index (κ2) is 4.31. The van der Waals surface area contributed by atoms with Crippen molar-refractivity contribution in [3.8, 4) is 0 Å². The van der Waals surface area contributed by atoms with E-state index in [4.69, 9.17) is 0 Å². The van der Waals surface area contributed by atoms with Gasteiger partial charge >= 0.3 is 6.18 Å². The molecular weight excluding hydrogens is 313 g/mol. The minimum atomic E-state index is -4.47. The van der Waals surface area contributed by atoms with E-state index >= 15 is 0 Å². The van der Waals surface area contributed by atoms with Crippen LogP contribution in [-0.4, -0.2) is 17.9 Å². The molecule has 0 saturated carbocycles. The molecule has 1 aromatic carbocycles. The minimum Gasteiger partial charge on any atom is -0.354 e. The Bertz CT molecular complexity index is 619. The Morgan fingerprint density at radius 1 is 1.39 bits per heavy atom. The highest BCUT2D eigenvalue weighted by Gasteiger charge is 2.33. The monoisotopic (exact) mass is 320 g/mol. The van der Waals surface area contributed by atoms with Crippen molar-refractivity contribution in [1.82, 2.24) is 10.3 Å². The van der Waals surface area contributed by atoms with Gasteiger partial charge in [-0.05, 0) is 18.2 Å². The summed E-state index contributed by atoms with van der Waals surface area (Å²) in [6.07, 6.45) is -4.47. The molecule has 0 spiro atoms. The van der Waals surface area contributed by atoms with Gasteiger partial charge in [-0.15, -0.1) is 0 Å². The predicted octanol–water partition coefficient (Wildman–Crippen LogP) is 3.31. The van der Waals surface area contributed by atoms with Gasteiger partial charge in [-0.2, -0.15) is 13.2 Å². The first-order valence-corrected chi connectivity index (χ1v) is 5.74. The number of hydrogen-bond donors (Lipinski definition) is 2. The Balaban J connectivity index is 2.73. The lowest BCUT2D eigenvalue weighted by Gasteiger charge is -2.08. The van der Waals surface area contributed by atoms with E-state index in [9.17, 15) is 18.0 Å². The molecule has 0 aliphatic heterocycles. The summed E-state index contributed by atoms with van der Waals surface area (Å²) in [5.74, 6) is -0.466. The van der Waals surface area contributed by atoms with E-state index in [2.05, 4.69) is 26.2 Å². The molecule has 1 amide bonds. The molecule has 7 heteroatoms. The summed E-state index contributed by atoms with van der Waals surface area (Å²) >= 11 is 3.16. The second-order valence-electron chi connectivity index (χ2n) is 3.64. The van der Waals surface area contributed by atoms with Crippen molar-refractivity contribution in [2.75, 3.05) is 7.05 Å². The Morgan fingerprint density at radius 2 is 2.06 bits per heavy atom. The van der Waals surface area contributed by atoms with Crippen LogP contribution < -0.4 is 5.32 Å². The van der Waals surface area contributed by atoms with Crippen LogP contribution in [0.4, 0.5) is 13.2 Å². The van der Waals surface area contributed by atoms with Crippen LogP contribution in [0, 0.1) is 0 Å². The molecule has 0 aliphatic carbocycles. The quantitative estimate of drug-likeness (QED) is 0.832.